The number of pyridine rings is 1. The van der Waals surface area contributed by atoms with Gasteiger partial charge < -0.3 is 15.6 Å². The van der Waals surface area contributed by atoms with Crippen LogP contribution in [0.25, 0.3) is 0 Å². The van der Waals surface area contributed by atoms with Crippen molar-refractivity contribution in [1.29, 1.82) is 0 Å². The lowest BCUT2D eigenvalue weighted by Crippen LogP contribution is -2.33. The Morgan fingerprint density at radius 2 is 1.92 bits per heavy atom. The number of aromatic nitrogens is 1. The molecule has 3 N–H and O–H groups in total. The van der Waals surface area contributed by atoms with Crippen LogP contribution >= 0.6 is 0 Å². The normalized spacial score (nSPS) is 14.4. The smallest absolute Gasteiger partial charge is 0.261 e. The quantitative estimate of drug-likeness (QED) is 0.802. The second-order valence-corrected chi connectivity index (χ2v) is 6.50. The Hall–Kier alpha value is -2.89. The van der Waals surface area contributed by atoms with Crippen molar-refractivity contribution in [1.82, 2.24) is 10.3 Å². The molecule has 25 heavy (non-hydrogen) atoms. The summed E-state index contributed by atoms with van der Waals surface area (Å²) in [5, 5.41) is 5.72. The third kappa shape index (κ3) is 3.47. The zero-order valence-corrected chi connectivity index (χ0v) is 14.5. The number of nitrogens with one attached hydrogen (secondary N) is 3. The summed E-state index contributed by atoms with van der Waals surface area (Å²) in [6, 6.07) is 7.25. The van der Waals surface area contributed by atoms with Crippen LogP contribution in [0.5, 0.6) is 0 Å². The molecule has 1 aliphatic rings. The molecule has 1 aliphatic heterocycles. The number of fused-ring (bicyclic) bond motifs is 1. The van der Waals surface area contributed by atoms with E-state index in [1.54, 1.807) is 19.9 Å². The number of anilines is 1. The monoisotopic (exact) mass is 339 g/mol. The van der Waals surface area contributed by atoms with Crippen LogP contribution in [0.3, 0.4) is 0 Å². The summed E-state index contributed by atoms with van der Waals surface area (Å²) in [7, 11) is 0. The van der Waals surface area contributed by atoms with Gasteiger partial charge in [-0.15, -0.1) is 0 Å². The van der Waals surface area contributed by atoms with Crippen molar-refractivity contribution in [2.75, 3.05) is 5.32 Å². The minimum atomic E-state index is -0.391. The predicted molar refractivity (Wildman–Crippen MR) is 95.8 cm³/mol. The van der Waals surface area contributed by atoms with Crippen LogP contribution in [0.4, 0.5) is 5.69 Å². The first-order valence-electron chi connectivity index (χ1n) is 8.29. The largest absolute Gasteiger partial charge is 0.345 e. The summed E-state index contributed by atoms with van der Waals surface area (Å²) in [6.45, 7) is 5.41. The SMILES string of the molecule is Cc1cc(C)c(C(=O)N[C@H](C)c2ccc3c(c2)CCC(=O)N3)c(=O)[nH]1. The van der Waals surface area contributed by atoms with Gasteiger partial charge >= 0.3 is 0 Å². The van der Waals surface area contributed by atoms with Gasteiger partial charge in [0, 0.05) is 17.8 Å². The van der Waals surface area contributed by atoms with Gasteiger partial charge in [0.15, 0.2) is 0 Å². The highest BCUT2D eigenvalue weighted by atomic mass is 16.2. The molecule has 0 saturated heterocycles. The fourth-order valence-corrected chi connectivity index (χ4v) is 3.16. The summed E-state index contributed by atoms with van der Waals surface area (Å²) >= 11 is 0. The third-order valence-corrected chi connectivity index (χ3v) is 4.46. The van der Waals surface area contributed by atoms with E-state index in [-0.39, 0.29) is 23.1 Å². The Morgan fingerprint density at radius 3 is 2.64 bits per heavy atom. The zero-order chi connectivity index (χ0) is 18.1. The topological polar surface area (TPSA) is 91.1 Å². The van der Waals surface area contributed by atoms with Crippen LogP contribution in [0.15, 0.2) is 29.1 Å². The van der Waals surface area contributed by atoms with E-state index in [0.29, 0.717) is 18.4 Å². The van der Waals surface area contributed by atoms with Crippen molar-refractivity contribution in [2.45, 2.75) is 39.7 Å². The first kappa shape index (κ1) is 17.0. The number of benzene rings is 1. The van der Waals surface area contributed by atoms with Crippen LogP contribution in [-0.2, 0) is 11.2 Å². The lowest BCUT2D eigenvalue weighted by molar-refractivity contribution is -0.116. The van der Waals surface area contributed by atoms with E-state index in [9.17, 15) is 14.4 Å². The van der Waals surface area contributed by atoms with Gasteiger partial charge in [0.1, 0.15) is 5.56 Å². The molecule has 6 nitrogen and oxygen atoms in total. The third-order valence-electron chi connectivity index (χ3n) is 4.46. The highest BCUT2D eigenvalue weighted by Crippen LogP contribution is 2.26. The van der Waals surface area contributed by atoms with E-state index in [1.165, 1.54) is 0 Å². The molecule has 1 aromatic carbocycles. The Morgan fingerprint density at radius 1 is 1.16 bits per heavy atom. The summed E-state index contributed by atoms with van der Waals surface area (Å²) in [5.41, 5.74) is 3.96. The van der Waals surface area contributed by atoms with E-state index in [1.807, 2.05) is 25.1 Å². The first-order valence-corrected chi connectivity index (χ1v) is 8.29. The number of hydrogen-bond acceptors (Lipinski definition) is 3. The molecular formula is C19H21N3O3. The molecule has 6 heteroatoms. The maximum absolute atomic E-state index is 12.5. The van der Waals surface area contributed by atoms with Crippen LogP contribution in [0.1, 0.15) is 52.1 Å². The minimum Gasteiger partial charge on any atom is -0.345 e. The van der Waals surface area contributed by atoms with E-state index in [0.717, 1.165) is 22.5 Å². The van der Waals surface area contributed by atoms with Gasteiger partial charge in [0.2, 0.25) is 5.91 Å². The molecule has 0 aliphatic carbocycles. The molecule has 0 spiro atoms. The maximum Gasteiger partial charge on any atom is 0.261 e. The van der Waals surface area contributed by atoms with Crippen molar-refractivity contribution < 1.29 is 9.59 Å². The van der Waals surface area contributed by atoms with Crippen molar-refractivity contribution in [3.8, 4) is 0 Å². The number of H-pyrrole nitrogens is 1. The standard InChI is InChI=1S/C19H21N3O3/c1-10-8-11(2)20-18(24)17(10)19(25)21-12(3)13-4-6-15-14(9-13)5-7-16(23)22-15/h4,6,8-9,12H,5,7H2,1-3H3,(H,20,24)(H,21,25)(H,22,23)/t12-/m1/s1. The average molecular weight is 339 g/mol. The highest BCUT2D eigenvalue weighted by Gasteiger charge is 2.19. The Balaban J connectivity index is 1.81. The second kappa shape index (κ2) is 6.55. The Bertz CT molecular complexity index is 915. The van der Waals surface area contributed by atoms with Crippen molar-refractivity contribution in [2.24, 2.45) is 0 Å². The van der Waals surface area contributed by atoms with Gasteiger partial charge in [-0.2, -0.15) is 0 Å². The lowest BCUT2D eigenvalue weighted by atomic mass is 9.97. The fraction of sp³-hybridized carbons (Fsp3) is 0.316. The number of aromatic amines is 1. The molecule has 0 fully saturated rings. The molecule has 1 atom stereocenters. The number of rotatable bonds is 3. The molecule has 0 saturated carbocycles. The Kier molecular flexibility index (Phi) is 4.44. The van der Waals surface area contributed by atoms with Gasteiger partial charge in [-0.1, -0.05) is 12.1 Å². The molecule has 2 amide bonds. The maximum atomic E-state index is 12.5. The molecule has 0 bridgehead atoms. The van der Waals surface area contributed by atoms with E-state index >= 15 is 0 Å². The van der Waals surface area contributed by atoms with Crippen LogP contribution in [0.2, 0.25) is 0 Å². The molecule has 2 heterocycles. The fourth-order valence-electron chi connectivity index (χ4n) is 3.16. The molecule has 3 rings (SSSR count). The highest BCUT2D eigenvalue weighted by molar-refractivity contribution is 5.95. The van der Waals surface area contributed by atoms with Crippen molar-refractivity contribution in [3.05, 3.63) is 62.6 Å². The summed E-state index contributed by atoms with van der Waals surface area (Å²) in [6.07, 6.45) is 1.15. The number of hydrogen-bond donors (Lipinski definition) is 3. The number of carbonyl (C=O) groups excluding carboxylic acids is 2. The van der Waals surface area contributed by atoms with Crippen LogP contribution in [0, 0.1) is 13.8 Å². The van der Waals surface area contributed by atoms with Crippen molar-refractivity contribution in [3.63, 3.8) is 0 Å². The molecule has 0 unspecified atom stereocenters. The zero-order valence-electron chi connectivity index (χ0n) is 14.5. The average Bonchev–Trinajstić information content (AvgIpc) is 2.53. The van der Waals surface area contributed by atoms with Gasteiger partial charge in [-0.25, -0.2) is 0 Å². The molecule has 0 radical (unpaired) electrons. The van der Waals surface area contributed by atoms with E-state index in [2.05, 4.69) is 15.6 Å². The lowest BCUT2D eigenvalue weighted by Gasteiger charge is -2.20. The summed E-state index contributed by atoms with van der Waals surface area (Å²) in [4.78, 5) is 38.7. The van der Waals surface area contributed by atoms with Gasteiger partial charge in [0.05, 0.1) is 6.04 Å². The van der Waals surface area contributed by atoms with E-state index in [4.69, 9.17) is 0 Å². The van der Waals surface area contributed by atoms with Crippen molar-refractivity contribution >= 4 is 17.5 Å². The summed E-state index contributed by atoms with van der Waals surface area (Å²) in [5.74, 6) is -0.368. The van der Waals surface area contributed by atoms with E-state index < -0.39 is 5.91 Å². The molecular weight excluding hydrogens is 318 g/mol. The van der Waals surface area contributed by atoms with Crippen LogP contribution in [-0.4, -0.2) is 16.8 Å². The predicted octanol–water partition coefficient (Wildman–Crippen LogP) is 2.37. The second-order valence-electron chi connectivity index (χ2n) is 6.50. The molecule has 130 valence electrons. The summed E-state index contributed by atoms with van der Waals surface area (Å²) < 4.78 is 0. The number of amides is 2. The van der Waals surface area contributed by atoms with Crippen LogP contribution < -0.4 is 16.2 Å². The van der Waals surface area contributed by atoms with Gasteiger partial charge in [-0.3, -0.25) is 14.4 Å². The first-order chi connectivity index (χ1) is 11.8. The number of aryl methyl sites for hydroxylation is 3. The molecule has 1 aromatic heterocycles. The molecule has 2 aromatic rings. The van der Waals surface area contributed by atoms with Gasteiger partial charge in [0.25, 0.3) is 11.5 Å². The minimum absolute atomic E-state index is 0.0238. The van der Waals surface area contributed by atoms with Gasteiger partial charge in [-0.05, 0) is 56.0 Å². The number of carbonyl (C=O) groups is 2. The Labute approximate surface area is 145 Å².